The molecule has 118 valence electrons. The van der Waals surface area contributed by atoms with Crippen LogP contribution in [-0.2, 0) is 6.54 Å². The van der Waals surface area contributed by atoms with Crippen molar-refractivity contribution in [3.8, 4) is 11.9 Å². The molecular formula is C17H24N4O. The molecule has 0 amide bonds. The summed E-state index contributed by atoms with van der Waals surface area (Å²) in [5.41, 5.74) is 7.87. The van der Waals surface area contributed by atoms with Gasteiger partial charge < -0.3 is 10.5 Å². The summed E-state index contributed by atoms with van der Waals surface area (Å²) < 4.78 is 5.77. The molecule has 1 unspecified atom stereocenters. The largest absolute Gasteiger partial charge is 0.494 e. The number of hydrogen-bond donors (Lipinski definition) is 1. The number of ether oxygens (including phenoxy) is 1. The molecule has 1 aliphatic heterocycles. The average molecular weight is 300 g/mol. The van der Waals surface area contributed by atoms with Gasteiger partial charge in [-0.3, -0.25) is 4.90 Å². The quantitative estimate of drug-likeness (QED) is 0.619. The van der Waals surface area contributed by atoms with Gasteiger partial charge in [-0.25, -0.2) is 0 Å². The van der Waals surface area contributed by atoms with Crippen molar-refractivity contribution in [2.24, 2.45) is 10.7 Å². The Bertz CT molecular complexity index is 544. The predicted molar refractivity (Wildman–Crippen MR) is 87.8 cm³/mol. The summed E-state index contributed by atoms with van der Waals surface area (Å²) in [5, 5.41) is 8.51. The van der Waals surface area contributed by atoms with Crippen molar-refractivity contribution in [1.29, 1.82) is 5.26 Å². The number of nitrogens with two attached hydrogens (primary N) is 1. The summed E-state index contributed by atoms with van der Waals surface area (Å²) in [7, 11) is 0. The Morgan fingerprint density at radius 3 is 2.95 bits per heavy atom. The molecule has 0 aliphatic carbocycles. The highest BCUT2D eigenvalue weighted by Gasteiger charge is 2.12. The third kappa shape index (κ3) is 5.14. The van der Waals surface area contributed by atoms with Gasteiger partial charge >= 0.3 is 0 Å². The lowest BCUT2D eigenvalue weighted by Gasteiger charge is -2.16. The summed E-state index contributed by atoms with van der Waals surface area (Å²) in [4.78, 5) is 6.13. The molecule has 0 radical (unpaired) electrons. The van der Waals surface area contributed by atoms with Crippen LogP contribution in [0.3, 0.4) is 0 Å². The molecule has 5 heteroatoms. The fraction of sp³-hybridized carbons (Fsp3) is 0.529. The summed E-state index contributed by atoms with van der Waals surface area (Å²) in [6.45, 7) is 5.66. The Morgan fingerprint density at radius 2 is 2.23 bits per heavy atom. The number of hydrogen-bond acceptors (Lipinski definition) is 5. The van der Waals surface area contributed by atoms with Crippen molar-refractivity contribution >= 4 is 5.71 Å². The Morgan fingerprint density at radius 1 is 1.45 bits per heavy atom. The minimum Gasteiger partial charge on any atom is -0.494 e. The third-order valence-corrected chi connectivity index (χ3v) is 3.96. The van der Waals surface area contributed by atoms with Crippen LogP contribution in [0.5, 0.6) is 5.75 Å². The molecule has 1 heterocycles. The smallest absolute Gasteiger partial charge is 0.205 e. The highest BCUT2D eigenvalue weighted by atomic mass is 16.5. The molecule has 0 spiro atoms. The first-order valence-corrected chi connectivity index (χ1v) is 7.82. The van der Waals surface area contributed by atoms with Crippen molar-refractivity contribution in [2.45, 2.75) is 38.8 Å². The third-order valence-electron chi connectivity index (χ3n) is 3.96. The van der Waals surface area contributed by atoms with Gasteiger partial charge in [-0.2, -0.15) is 10.3 Å². The topological polar surface area (TPSA) is 74.6 Å². The Kier molecular flexibility index (Phi) is 6.38. The monoisotopic (exact) mass is 300 g/mol. The van der Waals surface area contributed by atoms with Crippen LogP contribution in [-0.4, -0.2) is 36.3 Å². The van der Waals surface area contributed by atoms with E-state index in [2.05, 4.69) is 22.0 Å². The number of nitrogens with zero attached hydrogens (tertiary/aromatic N) is 3. The van der Waals surface area contributed by atoms with Crippen molar-refractivity contribution in [3.05, 3.63) is 29.8 Å². The Balaban J connectivity index is 1.80. The zero-order valence-corrected chi connectivity index (χ0v) is 13.2. The van der Waals surface area contributed by atoms with Crippen LogP contribution >= 0.6 is 0 Å². The van der Waals surface area contributed by atoms with Gasteiger partial charge in [0.1, 0.15) is 5.75 Å². The molecule has 1 aromatic rings. The molecule has 1 aromatic carbocycles. The maximum Gasteiger partial charge on any atom is 0.205 e. The Labute approximate surface area is 132 Å². The van der Waals surface area contributed by atoms with Gasteiger partial charge in [0.25, 0.3) is 0 Å². The van der Waals surface area contributed by atoms with Crippen molar-refractivity contribution in [2.75, 3.05) is 19.7 Å². The second kappa shape index (κ2) is 8.52. The average Bonchev–Trinajstić information content (AvgIpc) is 3.00. The van der Waals surface area contributed by atoms with E-state index in [0.29, 0.717) is 18.7 Å². The van der Waals surface area contributed by atoms with E-state index in [1.807, 2.05) is 12.1 Å². The summed E-state index contributed by atoms with van der Waals surface area (Å²) in [6.07, 6.45) is 5.01. The van der Waals surface area contributed by atoms with E-state index in [4.69, 9.17) is 15.7 Å². The van der Waals surface area contributed by atoms with Gasteiger partial charge in [-0.1, -0.05) is 12.1 Å². The molecule has 0 saturated carbocycles. The lowest BCUT2D eigenvalue weighted by Crippen LogP contribution is -2.30. The maximum absolute atomic E-state index is 8.51. The van der Waals surface area contributed by atoms with Gasteiger partial charge in [-0.15, -0.1) is 0 Å². The van der Waals surface area contributed by atoms with Crippen molar-refractivity contribution in [3.63, 3.8) is 0 Å². The number of rotatable bonds is 7. The van der Waals surface area contributed by atoms with Crippen molar-refractivity contribution < 1.29 is 4.74 Å². The van der Waals surface area contributed by atoms with Crippen LogP contribution in [0.15, 0.2) is 29.3 Å². The van der Waals surface area contributed by atoms with E-state index in [0.717, 1.165) is 12.3 Å². The van der Waals surface area contributed by atoms with Crippen LogP contribution < -0.4 is 10.5 Å². The number of aliphatic imine (C=N–C) groups is 1. The van der Waals surface area contributed by atoms with Gasteiger partial charge in [0, 0.05) is 24.7 Å². The lowest BCUT2D eigenvalue weighted by molar-refractivity contribution is 0.304. The van der Waals surface area contributed by atoms with Gasteiger partial charge in [0.2, 0.25) is 6.19 Å². The molecule has 0 aromatic heterocycles. The first kappa shape index (κ1) is 16.5. The van der Waals surface area contributed by atoms with E-state index in [1.165, 1.54) is 31.5 Å². The van der Waals surface area contributed by atoms with Crippen LogP contribution in [0, 0.1) is 11.5 Å². The van der Waals surface area contributed by atoms with E-state index >= 15 is 0 Å². The van der Waals surface area contributed by atoms with Gasteiger partial charge in [0.05, 0.1) is 6.61 Å². The fourth-order valence-electron chi connectivity index (χ4n) is 2.61. The molecule has 22 heavy (non-hydrogen) atoms. The van der Waals surface area contributed by atoms with E-state index in [-0.39, 0.29) is 6.04 Å². The molecule has 0 bridgehead atoms. The minimum atomic E-state index is -0.229. The molecule has 2 rings (SSSR count). The first-order chi connectivity index (χ1) is 10.7. The zero-order chi connectivity index (χ0) is 15.8. The highest BCUT2D eigenvalue weighted by Crippen LogP contribution is 2.17. The van der Waals surface area contributed by atoms with Gasteiger partial charge in [-0.05, 0) is 50.6 Å². The number of nitriles is 1. The maximum atomic E-state index is 8.51. The summed E-state index contributed by atoms with van der Waals surface area (Å²) in [6, 6.07) is 8.01. The zero-order valence-electron chi connectivity index (χ0n) is 13.2. The SMILES string of the molecule is CC(=NC#N)C(N)CCOc1cccc(CN2CCCC2)c1. The molecule has 2 N–H and O–H groups in total. The normalized spacial score (nSPS) is 17.2. The van der Waals surface area contributed by atoms with E-state index < -0.39 is 0 Å². The minimum absolute atomic E-state index is 0.229. The number of benzene rings is 1. The molecule has 1 saturated heterocycles. The van der Waals surface area contributed by atoms with Crippen LogP contribution in [0.1, 0.15) is 31.7 Å². The second-order valence-corrected chi connectivity index (χ2v) is 5.73. The van der Waals surface area contributed by atoms with E-state index in [9.17, 15) is 0 Å². The lowest BCUT2D eigenvalue weighted by atomic mass is 10.1. The summed E-state index contributed by atoms with van der Waals surface area (Å²) in [5.74, 6) is 0.874. The number of likely N-dealkylation sites (tertiary alicyclic amines) is 1. The van der Waals surface area contributed by atoms with Crippen LogP contribution in [0.2, 0.25) is 0 Å². The van der Waals surface area contributed by atoms with Crippen LogP contribution in [0.25, 0.3) is 0 Å². The van der Waals surface area contributed by atoms with Crippen molar-refractivity contribution in [1.82, 2.24) is 4.90 Å². The molecule has 5 nitrogen and oxygen atoms in total. The molecule has 1 atom stereocenters. The molecular weight excluding hydrogens is 276 g/mol. The second-order valence-electron chi connectivity index (χ2n) is 5.73. The van der Waals surface area contributed by atoms with Gasteiger partial charge in [0.15, 0.2) is 0 Å². The molecule has 1 fully saturated rings. The fourth-order valence-corrected chi connectivity index (χ4v) is 2.61. The summed E-state index contributed by atoms with van der Waals surface area (Å²) >= 11 is 0. The first-order valence-electron chi connectivity index (χ1n) is 7.82. The standard InChI is InChI=1S/C17H24N4O/c1-14(20-13-18)17(19)7-10-22-16-6-4-5-15(11-16)12-21-8-2-3-9-21/h4-6,11,17H,2-3,7-10,12,19H2,1H3. The molecule has 1 aliphatic rings. The predicted octanol–water partition coefficient (Wildman–Crippen LogP) is 2.32. The van der Waals surface area contributed by atoms with Crippen LogP contribution in [0.4, 0.5) is 0 Å². The van der Waals surface area contributed by atoms with E-state index in [1.54, 1.807) is 13.1 Å². The Hall–Kier alpha value is -1.90. The highest BCUT2D eigenvalue weighted by molar-refractivity contribution is 5.87.